The Morgan fingerprint density at radius 2 is 1.74 bits per heavy atom. The highest BCUT2D eigenvalue weighted by Crippen LogP contribution is 2.30. The lowest BCUT2D eigenvalue weighted by atomic mass is 10.1. The summed E-state index contributed by atoms with van der Waals surface area (Å²) in [5, 5.41) is 3.46. The summed E-state index contributed by atoms with van der Waals surface area (Å²) in [5.74, 6) is 0.0599. The van der Waals surface area contributed by atoms with Gasteiger partial charge in [0.05, 0.1) is 10.7 Å². The molecule has 3 rings (SSSR count). The van der Waals surface area contributed by atoms with E-state index in [1.807, 2.05) is 54.3 Å². The topological polar surface area (TPSA) is 52.7 Å². The van der Waals surface area contributed by atoms with Gasteiger partial charge in [-0.05, 0) is 36.8 Å². The van der Waals surface area contributed by atoms with E-state index in [1.54, 1.807) is 6.07 Å². The van der Waals surface area contributed by atoms with Crippen molar-refractivity contribution in [1.82, 2.24) is 4.90 Å². The summed E-state index contributed by atoms with van der Waals surface area (Å²) in [6, 6.07) is 14.9. The number of rotatable bonds is 5. The summed E-state index contributed by atoms with van der Waals surface area (Å²) in [6.07, 6.45) is 1.31. The molecule has 0 aromatic heterocycles. The minimum absolute atomic E-state index is 0.00523. The number of hydrogen-bond acceptors (Lipinski definition) is 3. The lowest BCUT2D eigenvalue weighted by Gasteiger charge is -2.36. The standard InChI is InChI=1S/C21H24ClN3O2/c1-2-6-20(26)23-17-9-10-19(18(22)15-17)24-11-13-25(14-12-24)21(27)16-7-4-3-5-8-16/h3-5,7-10,15H,2,6,11-14H2,1H3,(H,23,26). The minimum atomic E-state index is -0.00523. The number of piperazine rings is 1. The maximum atomic E-state index is 12.6. The zero-order valence-corrected chi connectivity index (χ0v) is 16.2. The molecule has 2 aromatic rings. The van der Waals surface area contributed by atoms with Crippen molar-refractivity contribution in [2.75, 3.05) is 36.4 Å². The van der Waals surface area contributed by atoms with E-state index in [-0.39, 0.29) is 11.8 Å². The predicted octanol–water partition coefficient (Wildman–Crippen LogP) is 4.04. The van der Waals surface area contributed by atoms with Gasteiger partial charge in [-0.2, -0.15) is 0 Å². The minimum Gasteiger partial charge on any atom is -0.367 e. The highest BCUT2D eigenvalue weighted by Gasteiger charge is 2.23. The van der Waals surface area contributed by atoms with Crippen LogP contribution in [0.25, 0.3) is 0 Å². The van der Waals surface area contributed by atoms with Crippen LogP contribution in [-0.2, 0) is 4.79 Å². The molecule has 0 aliphatic carbocycles. The summed E-state index contributed by atoms with van der Waals surface area (Å²) in [4.78, 5) is 28.3. The Labute approximate surface area is 164 Å². The van der Waals surface area contributed by atoms with Gasteiger partial charge in [0, 0.05) is 43.9 Å². The number of amides is 2. The molecule has 5 nitrogen and oxygen atoms in total. The molecule has 0 radical (unpaired) electrons. The molecule has 1 aliphatic rings. The monoisotopic (exact) mass is 385 g/mol. The van der Waals surface area contributed by atoms with Crippen LogP contribution in [0.2, 0.25) is 5.02 Å². The fourth-order valence-electron chi connectivity index (χ4n) is 3.21. The number of carbonyl (C=O) groups excluding carboxylic acids is 2. The van der Waals surface area contributed by atoms with Crippen LogP contribution in [-0.4, -0.2) is 42.9 Å². The maximum Gasteiger partial charge on any atom is 0.253 e. The normalized spacial score (nSPS) is 14.1. The molecule has 1 aliphatic heterocycles. The molecule has 1 heterocycles. The van der Waals surface area contributed by atoms with Crippen molar-refractivity contribution < 1.29 is 9.59 Å². The van der Waals surface area contributed by atoms with Gasteiger partial charge in [0.25, 0.3) is 5.91 Å². The van der Waals surface area contributed by atoms with E-state index in [2.05, 4.69) is 10.2 Å². The van der Waals surface area contributed by atoms with Crippen LogP contribution in [0.15, 0.2) is 48.5 Å². The van der Waals surface area contributed by atoms with Crippen molar-refractivity contribution in [3.8, 4) is 0 Å². The Hall–Kier alpha value is -2.53. The van der Waals surface area contributed by atoms with E-state index in [9.17, 15) is 9.59 Å². The third-order valence-electron chi connectivity index (χ3n) is 4.64. The van der Waals surface area contributed by atoms with Gasteiger partial charge in [-0.3, -0.25) is 9.59 Å². The molecule has 27 heavy (non-hydrogen) atoms. The summed E-state index contributed by atoms with van der Waals surface area (Å²) in [7, 11) is 0. The number of nitrogens with one attached hydrogen (secondary N) is 1. The van der Waals surface area contributed by atoms with Gasteiger partial charge in [0.1, 0.15) is 0 Å². The van der Waals surface area contributed by atoms with Crippen molar-refractivity contribution in [3.63, 3.8) is 0 Å². The Morgan fingerprint density at radius 1 is 1.04 bits per heavy atom. The molecule has 6 heteroatoms. The van der Waals surface area contributed by atoms with Gasteiger partial charge in [0.15, 0.2) is 0 Å². The van der Waals surface area contributed by atoms with Crippen molar-refractivity contribution in [2.45, 2.75) is 19.8 Å². The van der Waals surface area contributed by atoms with E-state index in [0.717, 1.165) is 30.8 Å². The van der Waals surface area contributed by atoms with E-state index in [0.29, 0.717) is 30.2 Å². The number of hydrogen-bond donors (Lipinski definition) is 1. The third-order valence-corrected chi connectivity index (χ3v) is 4.94. The number of nitrogens with zero attached hydrogens (tertiary/aromatic N) is 2. The predicted molar refractivity (Wildman–Crippen MR) is 110 cm³/mol. The van der Waals surface area contributed by atoms with E-state index >= 15 is 0 Å². The molecule has 2 aromatic carbocycles. The Kier molecular flexibility index (Phi) is 6.35. The molecule has 0 spiro atoms. The molecule has 2 amide bonds. The van der Waals surface area contributed by atoms with Gasteiger partial charge in [-0.1, -0.05) is 36.7 Å². The van der Waals surface area contributed by atoms with Gasteiger partial charge < -0.3 is 15.1 Å². The SMILES string of the molecule is CCCC(=O)Nc1ccc(N2CCN(C(=O)c3ccccc3)CC2)c(Cl)c1. The molecular formula is C21H24ClN3O2. The number of carbonyl (C=O) groups is 2. The van der Waals surface area contributed by atoms with Crippen LogP contribution in [0.3, 0.4) is 0 Å². The number of halogens is 1. The molecule has 0 saturated carbocycles. The van der Waals surface area contributed by atoms with E-state index < -0.39 is 0 Å². The van der Waals surface area contributed by atoms with Crippen LogP contribution in [0.1, 0.15) is 30.1 Å². The van der Waals surface area contributed by atoms with Crippen LogP contribution >= 0.6 is 11.6 Å². The van der Waals surface area contributed by atoms with Crippen molar-refractivity contribution in [2.24, 2.45) is 0 Å². The molecule has 0 atom stereocenters. The molecule has 1 N–H and O–H groups in total. The molecular weight excluding hydrogens is 362 g/mol. The molecule has 1 saturated heterocycles. The van der Waals surface area contributed by atoms with Crippen LogP contribution in [0.5, 0.6) is 0 Å². The van der Waals surface area contributed by atoms with Crippen molar-refractivity contribution in [3.05, 3.63) is 59.1 Å². The fraction of sp³-hybridized carbons (Fsp3) is 0.333. The van der Waals surface area contributed by atoms with Crippen LogP contribution < -0.4 is 10.2 Å². The first-order valence-corrected chi connectivity index (χ1v) is 9.65. The van der Waals surface area contributed by atoms with Crippen LogP contribution in [0.4, 0.5) is 11.4 Å². The Bertz CT molecular complexity index is 802. The first-order valence-electron chi connectivity index (χ1n) is 9.27. The van der Waals surface area contributed by atoms with E-state index in [1.165, 1.54) is 0 Å². The van der Waals surface area contributed by atoms with Gasteiger partial charge in [-0.15, -0.1) is 0 Å². The molecule has 0 unspecified atom stereocenters. The second kappa shape index (κ2) is 8.91. The summed E-state index contributed by atoms with van der Waals surface area (Å²) < 4.78 is 0. The smallest absolute Gasteiger partial charge is 0.253 e. The summed E-state index contributed by atoms with van der Waals surface area (Å²) >= 11 is 6.44. The quantitative estimate of drug-likeness (QED) is 0.845. The first-order chi connectivity index (χ1) is 13.1. The van der Waals surface area contributed by atoms with Gasteiger partial charge in [-0.25, -0.2) is 0 Å². The highest BCUT2D eigenvalue weighted by molar-refractivity contribution is 6.33. The van der Waals surface area contributed by atoms with Gasteiger partial charge >= 0.3 is 0 Å². The second-order valence-corrected chi connectivity index (χ2v) is 7.02. The number of benzene rings is 2. The lowest BCUT2D eigenvalue weighted by molar-refractivity contribution is -0.116. The lowest BCUT2D eigenvalue weighted by Crippen LogP contribution is -2.48. The van der Waals surface area contributed by atoms with Gasteiger partial charge in [0.2, 0.25) is 5.91 Å². The molecule has 0 bridgehead atoms. The largest absolute Gasteiger partial charge is 0.367 e. The Morgan fingerprint density at radius 3 is 2.37 bits per heavy atom. The first kappa shape index (κ1) is 19.2. The second-order valence-electron chi connectivity index (χ2n) is 6.61. The highest BCUT2D eigenvalue weighted by atomic mass is 35.5. The van der Waals surface area contributed by atoms with Crippen LogP contribution in [0, 0.1) is 0 Å². The zero-order valence-electron chi connectivity index (χ0n) is 15.5. The zero-order chi connectivity index (χ0) is 19.2. The van der Waals surface area contributed by atoms with Crippen molar-refractivity contribution >= 4 is 34.8 Å². The molecule has 142 valence electrons. The maximum absolute atomic E-state index is 12.6. The summed E-state index contributed by atoms with van der Waals surface area (Å²) in [6.45, 7) is 4.72. The third kappa shape index (κ3) is 4.80. The Balaban J connectivity index is 1.61. The average molecular weight is 386 g/mol. The summed E-state index contributed by atoms with van der Waals surface area (Å²) in [5.41, 5.74) is 2.35. The fourth-order valence-corrected chi connectivity index (χ4v) is 3.51. The number of anilines is 2. The average Bonchev–Trinajstić information content (AvgIpc) is 2.69. The van der Waals surface area contributed by atoms with Crippen molar-refractivity contribution in [1.29, 1.82) is 0 Å². The van der Waals surface area contributed by atoms with E-state index in [4.69, 9.17) is 11.6 Å². The molecule has 1 fully saturated rings.